The van der Waals surface area contributed by atoms with Crippen LogP contribution in [0, 0.1) is 0 Å². The van der Waals surface area contributed by atoms with E-state index in [9.17, 15) is 14.4 Å². The molecule has 0 aliphatic rings. The van der Waals surface area contributed by atoms with Gasteiger partial charge >= 0.3 is 18.2 Å². The van der Waals surface area contributed by atoms with E-state index >= 15 is 0 Å². The zero-order valence-corrected chi connectivity index (χ0v) is 17.7. The average Bonchev–Trinajstić information content (AvgIpc) is 2.83. The first-order chi connectivity index (χ1) is 16.1. The van der Waals surface area contributed by atoms with Gasteiger partial charge in [-0.25, -0.2) is 14.4 Å². The first kappa shape index (κ1) is 23.1. The van der Waals surface area contributed by atoms with Crippen LogP contribution in [0.4, 0.5) is 31.4 Å². The summed E-state index contributed by atoms with van der Waals surface area (Å²) in [5.74, 6) is 0. The van der Waals surface area contributed by atoms with Gasteiger partial charge in [-0.05, 0) is 36.4 Å². The minimum atomic E-state index is -0.934. The first-order valence-corrected chi connectivity index (χ1v) is 10.2. The van der Waals surface area contributed by atoms with Crippen molar-refractivity contribution in [3.05, 3.63) is 91.0 Å². The SMILES string of the molecule is O=C(NCC(COC(=O)Nc1ccccc1)OC(=O)Nc1ccccc1)Nc1ccccc1. The van der Waals surface area contributed by atoms with Crippen LogP contribution in [0.5, 0.6) is 0 Å². The quantitative estimate of drug-likeness (QED) is 0.399. The smallest absolute Gasteiger partial charge is 0.412 e. The van der Waals surface area contributed by atoms with Gasteiger partial charge in [0.25, 0.3) is 0 Å². The fraction of sp³-hybridized carbons (Fsp3) is 0.125. The molecule has 0 fully saturated rings. The zero-order valence-electron chi connectivity index (χ0n) is 17.7. The van der Waals surface area contributed by atoms with Crippen LogP contribution in [0.1, 0.15) is 0 Å². The van der Waals surface area contributed by atoms with Crippen LogP contribution < -0.4 is 21.3 Å². The van der Waals surface area contributed by atoms with Crippen LogP contribution in [0.25, 0.3) is 0 Å². The molecule has 33 heavy (non-hydrogen) atoms. The van der Waals surface area contributed by atoms with Gasteiger partial charge in [0, 0.05) is 17.1 Å². The molecule has 0 spiro atoms. The van der Waals surface area contributed by atoms with Crippen LogP contribution in [-0.4, -0.2) is 37.5 Å². The van der Waals surface area contributed by atoms with Crippen molar-refractivity contribution in [2.45, 2.75) is 6.10 Å². The van der Waals surface area contributed by atoms with E-state index in [1.807, 2.05) is 18.2 Å². The van der Waals surface area contributed by atoms with Crippen molar-refractivity contribution in [2.75, 3.05) is 29.1 Å². The number of carbonyl (C=O) groups excluding carboxylic acids is 3. The highest BCUT2D eigenvalue weighted by molar-refractivity contribution is 5.89. The number of para-hydroxylation sites is 3. The molecule has 0 radical (unpaired) electrons. The summed E-state index contributed by atoms with van der Waals surface area (Å²) in [5, 5.41) is 10.4. The second-order valence-electron chi connectivity index (χ2n) is 6.81. The molecule has 1 unspecified atom stereocenters. The van der Waals surface area contributed by atoms with Gasteiger partial charge in [-0.15, -0.1) is 0 Å². The molecule has 3 aromatic rings. The summed E-state index contributed by atoms with van der Waals surface area (Å²) in [6, 6.07) is 25.9. The van der Waals surface area contributed by atoms with Gasteiger partial charge in [0.15, 0.2) is 6.10 Å². The standard InChI is InChI=1S/C24H24N4O5/c29-22(26-18-10-4-1-5-11-18)25-16-21(33-24(31)28-20-14-8-3-9-15-20)17-32-23(30)27-19-12-6-2-7-13-19/h1-15,21H,16-17H2,(H,27,30)(H,28,31)(H2,25,26,29). The second kappa shape index (κ2) is 12.4. The molecule has 4 amide bonds. The average molecular weight is 448 g/mol. The molecular weight excluding hydrogens is 424 g/mol. The Balaban J connectivity index is 1.54. The number of hydrogen-bond donors (Lipinski definition) is 4. The second-order valence-corrected chi connectivity index (χ2v) is 6.81. The third kappa shape index (κ3) is 8.62. The molecule has 0 saturated carbocycles. The minimum Gasteiger partial charge on any atom is -0.445 e. The summed E-state index contributed by atoms with van der Waals surface area (Å²) in [4.78, 5) is 36.5. The van der Waals surface area contributed by atoms with Gasteiger partial charge in [-0.2, -0.15) is 0 Å². The van der Waals surface area contributed by atoms with Crippen molar-refractivity contribution in [2.24, 2.45) is 0 Å². The maximum atomic E-state index is 12.3. The van der Waals surface area contributed by atoms with Gasteiger partial charge in [-0.3, -0.25) is 10.6 Å². The van der Waals surface area contributed by atoms with Crippen molar-refractivity contribution in [3.63, 3.8) is 0 Å². The van der Waals surface area contributed by atoms with Crippen LogP contribution in [0.2, 0.25) is 0 Å². The van der Waals surface area contributed by atoms with Gasteiger partial charge in [0.2, 0.25) is 0 Å². The van der Waals surface area contributed by atoms with Gasteiger partial charge < -0.3 is 20.1 Å². The Kier molecular flexibility index (Phi) is 8.66. The number of amides is 4. The number of nitrogens with one attached hydrogen (secondary N) is 4. The molecule has 4 N–H and O–H groups in total. The minimum absolute atomic E-state index is 0.0838. The molecule has 0 aliphatic heterocycles. The zero-order chi connectivity index (χ0) is 23.3. The largest absolute Gasteiger partial charge is 0.445 e. The molecule has 0 bridgehead atoms. The lowest BCUT2D eigenvalue weighted by Crippen LogP contribution is -2.40. The van der Waals surface area contributed by atoms with E-state index in [0.717, 1.165) is 0 Å². The summed E-state index contributed by atoms with van der Waals surface area (Å²) < 4.78 is 10.5. The summed E-state index contributed by atoms with van der Waals surface area (Å²) in [6.45, 7) is -0.355. The van der Waals surface area contributed by atoms with E-state index < -0.39 is 24.3 Å². The maximum absolute atomic E-state index is 12.3. The Bertz CT molecular complexity index is 975. The molecule has 1 atom stereocenters. The summed E-state index contributed by atoms with van der Waals surface area (Å²) in [7, 11) is 0. The van der Waals surface area contributed by atoms with Crippen molar-refractivity contribution in [3.8, 4) is 0 Å². The monoisotopic (exact) mass is 448 g/mol. The predicted molar refractivity (Wildman–Crippen MR) is 125 cm³/mol. The number of carbonyl (C=O) groups is 3. The molecule has 9 nitrogen and oxygen atoms in total. The fourth-order valence-corrected chi connectivity index (χ4v) is 2.70. The Morgan fingerprint density at radius 3 is 1.61 bits per heavy atom. The lowest BCUT2D eigenvalue weighted by molar-refractivity contribution is 0.0570. The lowest BCUT2D eigenvalue weighted by atomic mass is 10.3. The van der Waals surface area contributed by atoms with Crippen LogP contribution in [0.3, 0.4) is 0 Å². The molecule has 0 heterocycles. The Morgan fingerprint density at radius 1 is 0.636 bits per heavy atom. The number of hydrogen-bond acceptors (Lipinski definition) is 5. The Hall–Kier alpha value is -4.53. The molecular formula is C24H24N4O5. The van der Waals surface area contributed by atoms with E-state index in [2.05, 4.69) is 21.3 Å². The normalized spacial score (nSPS) is 10.9. The number of benzene rings is 3. The maximum Gasteiger partial charge on any atom is 0.412 e. The number of anilines is 3. The van der Waals surface area contributed by atoms with E-state index in [-0.39, 0.29) is 13.2 Å². The summed E-state index contributed by atoms with van der Waals surface area (Å²) >= 11 is 0. The highest BCUT2D eigenvalue weighted by Crippen LogP contribution is 2.08. The van der Waals surface area contributed by atoms with Crippen molar-refractivity contribution >= 4 is 35.3 Å². The van der Waals surface area contributed by atoms with E-state index in [1.54, 1.807) is 72.8 Å². The topological polar surface area (TPSA) is 118 Å². The fourth-order valence-electron chi connectivity index (χ4n) is 2.70. The molecule has 170 valence electrons. The van der Waals surface area contributed by atoms with Gasteiger partial charge in [0.1, 0.15) is 6.61 Å². The summed E-state index contributed by atoms with van der Waals surface area (Å²) in [5.41, 5.74) is 1.70. The van der Waals surface area contributed by atoms with Crippen LogP contribution in [-0.2, 0) is 9.47 Å². The van der Waals surface area contributed by atoms with Crippen molar-refractivity contribution < 1.29 is 23.9 Å². The molecule has 9 heteroatoms. The predicted octanol–water partition coefficient (Wildman–Crippen LogP) is 4.67. The Labute approximate surface area is 191 Å². The van der Waals surface area contributed by atoms with E-state index in [1.165, 1.54) is 0 Å². The first-order valence-electron chi connectivity index (χ1n) is 10.2. The Morgan fingerprint density at radius 2 is 1.09 bits per heavy atom. The van der Waals surface area contributed by atoms with E-state index in [4.69, 9.17) is 9.47 Å². The highest BCUT2D eigenvalue weighted by atomic mass is 16.6. The van der Waals surface area contributed by atoms with Gasteiger partial charge in [-0.1, -0.05) is 54.6 Å². The third-order valence-corrected chi connectivity index (χ3v) is 4.24. The summed E-state index contributed by atoms with van der Waals surface area (Å²) in [6.07, 6.45) is -2.40. The molecule has 3 rings (SSSR count). The van der Waals surface area contributed by atoms with Gasteiger partial charge in [0.05, 0.1) is 6.54 Å². The number of urea groups is 1. The van der Waals surface area contributed by atoms with Crippen LogP contribution >= 0.6 is 0 Å². The molecule has 0 aliphatic carbocycles. The molecule has 0 saturated heterocycles. The van der Waals surface area contributed by atoms with Crippen molar-refractivity contribution in [1.29, 1.82) is 0 Å². The van der Waals surface area contributed by atoms with Crippen molar-refractivity contribution in [1.82, 2.24) is 5.32 Å². The van der Waals surface area contributed by atoms with Crippen LogP contribution in [0.15, 0.2) is 91.0 Å². The highest BCUT2D eigenvalue weighted by Gasteiger charge is 2.19. The number of rotatable bonds is 8. The lowest BCUT2D eigenvalue weighted by Gasteiger charge is -2.19. The molecule has 0 aromatic heterocycles. The molecule has 3 aromatic carbocycles. The van der Waals surface area contributed by atoms with E-state index in [0.29, 0.717) is 17.1 Å². The third-order valence-electron chi connectivity index (χ3n) is 4.24. The number of ether oxygens (including phenoxy) is 2.